The number of carbonyl (C=O) groups is 2. The number of aliphatic carboxylic acids is 1. The van der Waals surface area contributed by atoms with Crippen LogP contribution in [0.15, 0.2) is 12.1 Å². The first-order chi connectivity index (χ1) is 8.13. The molecule has 0 atom stereocenters. The van der Waals surface area contributed by atoms with Gasteiger partial charge in [0, 0.05) is 6.07 Å². The van der Waals surface area contributed by atoms with E-state index in [1.165, 1.54) is 13.2 Å². The van der Waals surface area contributed by atoms with Gasteiger partial charge in [0.25, 0.3) is 5.78 Å². The third kappa shape index (κ3) is 2.01. The monoisotopic (exact) mass is 238 g/mol. The quantitative estimate of drug-likeness (QED) is 0.617. The van der Waals surface area contributed by atoms with Crippen molar-refractivity contribution in [3.63, 3.8) is 0 Å². The molecule has 0 radical (unpaired) electrons. The maximum Gasteiger partial charge on any atom is 0.377 e. The Balaban J connectivity index is 2.55. The van der Waals surface area contributed by atoms with Gasteiger partial charge in [-0.25, -0.2) is 4.79 Å². The summed E-state index contributed by atoms with van der Waals surface area (Å²) in [5.41, 5.74) is -0.0634. The van der Waals surface area contributed by atoms with Gasteiger partial charge in [0.15, 0.2) is 11.5 Å². The zero-order valence-electron chi connectivity index (χ0n) is 9.06. The number of ketones is 1. The molecule has 0 spiro atoms. The molecule has 17 heavy (non-hydrogen) atoms. The standard InChI is InChI=1S/C11H10O6/c1-15-6-4-7(9(12)11(13)14)10-8(5-6)16-2-3-17-10/h4-5H,2-3H2,1H3,(H,13,14). The van der Waals surface area contributed by atoms with Crippen molar-refractivity contribution in [2.45, 2.75) is 0 Å². The lowest BCUT2D eigenvalue weighted by Gasteiger charge is -2.20. The fourth-order valence-corrected chi connectivity index (χ4v) is 1.53. The number of methoxy groups -OCH3 is 1. The molecule has 6 heteroatoms. The summed E-state index contributed by atoms with van der Waals surface area (Å²) >= 11 is 0. The van der Waals surface area contributed by atoms with Crippen LogP contribution in [-0.4, -0.2) is 37.2 Å². The predicted octanol–water partition coefficient (Wildman–Crippen LogP) is 0.734. The second kappa shape index (κ2) is 4.32. The van der Waals surface area contributed by atoms with E-state index in [0.717, 1.165) is 0 Å². The number of rotatable bonds is 3. The van der Waals surface area contributed by atoms with Crippen LogP contribution < -0.4 is 14.2 Å². The molecule has 0 saturated heterocycles. The molecule has 1 N–H and O–H groups in total. The molecule has 0 saturated carbocycles. The number of benzene rings is 1. The van der Waals surface area contributed by atoms with Crippen LogP contribution in [0, 0.1) is 0 Å². The summed E-state index contributed by atoms with van der Waals surface area (Å²) in [6.07, 6.45) is 0. The topological polar surface area (TPSA) is 82.1 Å². The first-order valence-electron chi connectivity index (χ1n) is 4.88. The van der Waals surface area contributed by atoms with E-state index in [1.54, 1.807) is 6.07 Å². The van der Waals surface area contributed by atoms with Crippen LogP contribution in [0.4, 0.5) is 0 Å². The number of hydrogen-bond donors (Lipinski definition) is 1. The van der Waals surface area contributed by atoms with Gasteiger partial charge in [0.05, 0.1) is 12.7 Å². The number of carboxylic acids is 1. The van der Waals surface area contributed by atoms with E-state index in [4.69, 9.17) is 19.3 Å². The molecule has 1 aromatic carbocycles. The van der Waals surface area contributed by atoms with Gasteiger partial charge in [0.2, 0.25) is 0 Å². The highest BCUT2D eigenvalue weighted by Crippen LogP contribution is 2.38. The Morgan fingerprint density at radius 2 is 2.00 bits per heavy atom. The molecule has 1 aromatic rings. The van der Waals surface area contributed by atoms with Gasteiger partial charge in [0.1, 0.15) is 19.0 Å². The van der Waals surface area contributed by atoms with Gasteiger partial charge in [-0.05, 0) is 6.07 Å². The highest BCUT2D eigenvalue weighted by molar-refractivity contribution is 6.40. The minimum atomic E-state index is -1.55. The van der Waals surface area contributed by atoms with Gasteiger partial charge in [-0.3, -0.25) is 4.79 Å². The van der Waals surface area contributed by atoms with E-state index in [1.807, 2.05) is 0 Å². The Labute approximate surface area is 96.7 Å². The molecule has 0 aliphatic carbocycles. The highest BCUT2D eigenvalue weighted by Gasteiger charge is 2.26. The molecule has 6 nitrogen and oxygen atoms in total. The third-order valence-corrected chi connectivity index (χ3v) is 2.29. The molecule has 90 valence electrons. The Kier molecular flexibility index (Phi) is 2.86. The van der Waals surface area contributed by atoms with Crippen molar-refractivity contribution in [2.24, 2.45) is 0 Å². The normalized spacial score (nSPS) is 13.0. The minimum Gasteiger partial charge on any atom is -0.497 e. The van der Waals surface area contributed by atoms with Crippen LogP contribution in [0.25, 0.3) is 0 Å². The first kappa shape index (κ1) is 11.3. The lowest BCUT2D eigenvalue weighted by Crippen LogP contribution is -2.20. The first-order valence-corrected chi connectivity index (χ1v) is 4.88. The summed E-state index contributed by atoms with van der Waals surface area (Å²) in [7, 11) is 1.42. The van der Waals surface area contributed by atoms with E-state index in [-0.39, 0.29) is 17.9 Å². The number of fused-ring (bicyclic) bond motifs is 1. The fraction of sp³-hybridized carbons (Fsp3) is 0.273. The number of carboxylic acid groups (broad SMARTS) is 1. The summed E-state index contributed by atoms with van der Waals surface area (Å²) in [6.45, 7) is 0.625. The van der Waals surface area contributed by atoms with E-state index in [9.17, 15) is 9.59 Å². The van der Waals surface area contributed by atoms with Gasteiger partial charge in [-0.15, -0.1) is 0 Å². The van der Waals surface area contributed by atoms with Crippen molar-refractivity contribution in [3.05, 3.63) is 17.7 Å². The average Bonchev–Trinajstić information content (AvgIpc) is 2.36. The van der Waals surface area contributed by atoms with Crippen LogP contribution in [-0.2, 0) is 4.79 Å². The molecule has 0 aromatic heterocycles. The van der Waals surface area contributed by atoms with Gasteiger partial charge in [-0.2, -0.15) is 0 Å². The molecule has 1 aliphatic rings. The summed E-state index contributed by atoms with van der Waals surface area (Å²) < 4.78 is 15.5. The van der Waals surface area contributed by atoms with Gasteiger partial charge >= 0.3 is 5.97 Å². The second-order valence-corrected chi connectivity index (χ2v) is 3.33. The summed E-state index contributed by atoms with van der Waals surface area (Å²) in [5.74, 6) is -1.77. The van der Waals surface area contributed by atoms with Crippen molar-refractivity contribution in [1.82, 2.24) is 0 Å². The van der Waals surface area contributed by atoms with Crippen LogP contribution in [0.1, 0.15) is 10.4 Å². The summed E-state index contributed by atoms with van der Waals surface area (Å²) in [6, 6.07) is 2.87. The van der Waals surface area contributed by atoms with Crippen LogP contribution in [0.3, 0.4) is 0 Å². The van der Waals surface area contributed by atoms with Crippen LogP contribution >= 0.6 is 0 Å². The van der Waals surface area contributed by atoms with Crippen molar-refractivity contribution >= 4 is 11.8 Å². The van der Waals surface area contributed by atoms with Crippen molar-refractivity contribution in [1.29, 1.82) is 0 Å². The van der Waals surface area contributed by atoms with Crippen molar-refractivity contribution < 1.29 is 28.9 Å². The lowest BCUT2D eigenvalue weighted by molar-refractivity contribution is -0.131. The lowest BCUT2D eigenvalue weighted by atomic mass is 10.1. The zero-order valence-corrected chi connectivity index (χ0v) is 9.06. The smallest absolute Gasteiger partial charge is 0.377 e. The predicted molar refractivity (Wildman–Crippen MR) is 56.0 cm³/mol. The number of hydrogen-bond acceptors (Lipinski definition) is 5. The van der Waals surface area contributed by atoms with Crippen molar-refractivity contribution in [3.8, 4) is 17.2 Å². The Morgan fingerprint density at radius 3 is 2.65 bits per heavy atom. The van der Waals surface area contributed by atoms with Gasteiger partial charge < -0.3 is 19.3 Å². The van der Waals surface area contributed by atoms with Crippen LogP contribution in [0.5, 0.6) is 17.2 Å². The highest BCUT2D eigenvalue weighted by atomic mass is 16.6. The molecule has 1 heterocycles. The van der Waals surface area contributed by atoms with Gasteiger partial charge in [-0.1, -0.05) is 0 Å². The number of ether oxygens (including phenoxy) is 3. The largest absolute Gasteiger partial charge is 0.497 e. The molecular weight excluding hydrogens is 228 g/mol. The Hall–Kier alpha value is -2.24. The minimum absolute atomic E-state index is 0.0634. The fourth-order valence-electron chi connectivity index (χ4n) is 1.53. The van der Waals surface area contributed by atoms with E-state index >= 15 is 0 Å². The van der Waals surface area contributed by atoms with E-state index in [0.29, 0.717) is 18.1 Å². The molecule has 0 unspecified atom stereocenters. The SMILES string of the molecule is COc1cc2c(c(C(=O)C(=O)O)c1)OCCO2. The zero-order chi connectivity index (χ0) is 12.4. The second-order valence-electron chi connectivity index (χ2n) is 3.33. The maximum absolute atomic E-state index is 11.5. The molecule has 2 rings (SSSR count). The Bertz CT molecular complexity index is 479. The van der Waals surface area contributed by atoms with Crippen molar-refractivity contribution in [2.75, 3.05) is 20.3 Å². The number of carbonyl (C=O) groups excluding carboxylic acids is 1. The molecule has 0 fully saturated rings. The summed E-state index contributed by atoms with van der Waals surface area (Å²) in [4.78, 5) is 22.2. The molecule has 1 aliphatic heterocycles. The molecule has 0 amide bonds. The maximum atomic E-state index is 11.5. The van der Waals surface area contributed by atoms with E-state index < -0.39 is 11.8 Å². The third-order valence-electron chi connectivity index (χ3n) is 2.29. The average molecular weight is 238 g/mol. The Morgan fingerprint density at radius 1 is 1.29 bits per heavy atom. The van der Waals surface area contributed by atoms with Crippen LogP contribution in [0.2, 0.25) is 0 Å². The number of Topliss-reactive ketones (excluding diaryl/α,β-unsaturated/α-hetero) is 1. The van der Waals surface area contributed by atoms with E-state index in [2.05, 4.69) is 0 Å². The summed E-state index contributed by atoms with van der Waals surface area (Å²) in [5, 5.41) is 8.71. The molecular formula is C11H10O6. The molecule has 0 bridgehead atoms.